The van der Waals surface area contributed by atoms with Crippen molar-refractivity contribution in [1.29, 1.82) is 0 Å². The van der Waals surface area contributed by atoms with E-state index in [0.29, 0.717) is 19.2 Å². The SMILES string of the molecule is CN(C)C(=O)CN(CCc1cccc(O)c1)C1CCOC1. The number of likely N-dealkylation sites (N-methyl/N-ethyl adjacent to an activating group) is 1. The first-order valence-electron chi connectivity index (χ1n) is 7.36. The first kappa shape index (κ1) is 15.8. The average molecular weight is 292 g/mol. The van der Waals surface area contributed by atoms with Gasteiger partial charge in [0.25, 0.3) is 0 Å². The van der Waals surface area contributed by atoms with Crippen LogP contribution in [-0.4, -0.2) is 67.3 Å². The van der Waals surface area contributed by atoms with E-state index in [4.69, 9.17) is 4.74 Å². The molecule has 1 aliphatic rings. The van der Waals surface area contributed by atoms with Crippen LogP contribution in [0.4, 0.5) is 0 Å². The van der Waals surface area contributed by atoms with Gasteiger partial charge in [-0.25, -0.2) is 0 Å². The highest BCUT2D eigenvalue weighted by Crippen LogP contribution is 2.15. The maximum atomic E-state index is 12.0. The van der Waals surface area contributed by atoms with Crippen LogP contribution in [0, 0.1) is 0 Å². The molecule has 0 saturated carbocycles. The Morgan fingerprint density at radius 2 is 2.24 bits per heavy atom. The molecular formula is C16H24N2O3. The molecule has 116 valence electrons. The second-order valence-corrected chi connectivity index (χ2v) is 5.70. The highest BCUT2D eigenvalue weighted by Gasteiger charge is 2.25. The number of aromatic hydroxyl groups is 1. The van der Waals surface area contributed by atoms with Gasteiger partial charge in [0.2, 0.25) is 5.91 Å². The number of hydrogen-bond donors (Lipinski definition) is 1. The van der Waals surface area contributed by atoms with Gasteiger partial charge in [0.05, 0.1) is 13.2 Å². The molecular weight excluding hydrogens is 268 g/mol. The van der Waals surface area contributed by atoms with Gasteiger partial charge in [-0.1, -0.05) is 12.1 Å². The molecule has 1 aliphatic heterocycles. The molecule has 5 nitrogen and oxygen atoms in total. The molecule has 5 heteroatoms. The molecule has 1 aromatic carbocycles. The molecule has 1 unspecified atom stereocenters. The van der Waals surface area contributed by atoms with Crippen LogP contribution >= 0.6 is 0 Å². The number of phenols is 1. The van der Waals surface area contributed by atoms with Crippen LogP contribution in [0.15, 0.2) is 24.3 Å². The number of ether oxygens (including phenoxy) is 1. The highest BCUT2D eigenvalue weighted by molar-refractivity contribution is 5.77. The zero-order valence-corrected chi connectivity index (χ0v) is 12.8. The maximum Gasteiger partial charge on any atom is 0.236 e. The molecule has 21 heavy (non-hydrogen) atoms. The standard InChI is InChI=1S/C16H24N2O3/c1-17(2)16(20)11-18(14-7-9-21-12-14)8-6-13-4-3-5-15(19)10-13/h3-5,10,14,19H,6-9,11-12H2,1-2H3. The van der Waals surface area contributed by atoms with Crippen LogP contribution in [0.25, 0.3) is 0 Å². The summed E-state index contributed by atoms with van der Waals surface area (Å²) in [5.74, 6) is 0.394. The Morgan fingerprint density at radius 1 is 1.43 bits per heavy atom. The van der Waals surface area contributed by atoms with Crippen molar-refractivity contribution in [2.24, 2.45) is 0 Å². The largest absolute Gasteiger partial charge is 0.508 e. The fourth-order valence-corrected chi connectivity index (χ4v) is 2.50. The third kappa shape index (κ3) is 4.72. The zero-order valence-electron chi connectivity index (χ0n) is 12.8. The Hall–Kier alpha value is -1.59. The summed E-state index contributed by atoms with van der Waals surface area (Å²) in [6.45, 7) is 2.67. The van der Waals surface area contributed by atoms with Crippen LogP contribution in [0.2, 0.25) is 0 Å². The smallest absolute Gasteiger partial charge is 0.236 e. The van der Waals surface area contributed by atoms with Crippen LogP contribution in [-0.2, 0) is 16.0 Å². The third-order valence-electron chi connectivity index (χ3n) is 3.86. The van der Waals surface area contributed by atoms with E-state index in [2.05, 4.69) is 4.90 Å². The number of carbonyl (C=O) groups excluding carboxylic acids is 1. The van der Waals surface area contributed by atoms with Crippen molar-refractivity contribution in [3.8, 4) is 5.75 Å². The van der Waals surface area contributed by atoms with E-state index < -0.39 is 0 Å². The number of phenolic OH excluding ortho intramolecular Hbond substituents is 1. The second-order valence-electron chi connectivity index (χ2n) is 5.70. The van der Waals surface area contributed by atoms with Crippen molar-refractivity contribution in [2.75, 3.05) is 40.4 Å². The van der Waals surface area contributed by atoms with E-state index in [1.54, 1.807) is 31.1 Å². The van der Waals surface area contributed by atoms with Crippen LogP contribution in [0.1, 0.15) is 12.0 Å². The Balaban J connectivity index is 1.96. The molecule has 1 atom stereocenters. The molecule has 0 aromatic heterocycles. The van der Waals surface area contributed by atoms with E-state index in [0.717, 1.165) is 31.6 Å². The third-order valence-corrected chi connectivity index (χ3v) is 3.86. The van der Waals surface area contributed by atoms with Crippen molar-refractivity contribution >= 4 is 5.91 Å². The van der Waals surface area contributed by atoms with Gasteiger partial charge in [-0.2, -0.15) is 0 Å². The zero-order chi connectivity index (χ0) is 15.2. The fraction of sp³-hybridized carbons (Fsp3) is 0.562. The van der Waals surface area contributed by atoms with Crippen molar-refractivity contribution in [2.45, 2.75) is 18.9 Å². The number of hydrogen-bond acceptors (Lipinski definition) is 4. The molecule has 1 heterocycles. The van der Waals surface area contributed by atoms with Crippen LogP contribution in [0.5, 0.6) is 5.75 Å². The highest BCUT2D eigenvalue weighted by atomic mass is 16.5. The number of benzene rings is 1. The fourth-order valence-electron chi connectivity index (χ4n) is 2.50. The molecule has 0 bridgehead atoms. The lowest BCUT2D eigenvalue weighted by Gasteiger charge is -2.28. The van der Waals surface area contributed by atoms with Crippen LogP contribution < -0.4 is 0 Å². The molecule has 0 spiro atoms. The van der Waals surface area contributed by atoms with E-state index in [1.807, 2.05) is 12.1 Å². The quantitative estimate of drug-likeness (QED) is 0.853. The van der Waals surface area contributed by atoms with E-state index in [9.17, 15) is 9.90 Å². The minimum Gasteiger partial charge on any atom is -0.508 e. The molecule has 1 aromatic rings. The number of carbonyl (C=O) groups is 1. The molecule has 2 rings (SSSR count). The topological polar surface area (TPSA) is 53.0 Å². The normalized spacial score (nSPS) is 18.1. The van der Waals surface area contributed by atoms with E-state index >= 15 is 0 Å². The van der Waals surface area contributed by atoms with Crippen LogP contribution in [0.3, 0.4) is 0 Å². The van der Waals surface area contributed by atoms with Crippen molar-refractivity contribution in [1.82, 2.24) is 9.80 Å². The summed E-state index contributed by atoms with van der Waals surface area (Å²) in [4.78, 5) is 15.8. The molecule has 0 aliphatic carbocycles. The lowest BCUT2D eigenvalue weighted by atomic mass is 10.1. The summed E-state index contributed by atoms with van der Waals surface area (Å²) < 4.78 is 5.44. The average Bonchev–Trinajstić information content (AvgIpc) is 2.97. The monoisotopic (exact) mass is 292 g/mol. The summed E-state index contributed by atoms with van der Waals surface area (Å²) in [5, 5.41) is 9.51. The minimum absolute atomic E-state index is 0.109. The lowest BCUT2D eigenvalue weighted by molar-refractivity contribution is -0.130. The van der Waals surface area contributed by atoms with Gasteiger partial charge in [-0.3, -0.25) is 9.69 Å². The first-order valence-corrected chi connectivity index (χ1v) is 7.36. The van der Waals surface area contributed by atoms with Gasteiger partial charge >= 0.3 is 0 Å². The molecule has 0 radical (unpaired) electrons. The van der Waals surface area contributed by atoms with Crippen molar-refractivity contribution in [3.05, 3.63) is 29.8 Å². The van der Waals surface area contributed by atoms with Gasteiger partial charge in [0.15, 0.2) is 0 Å². The van der Waals surface area contributed by atoms with Crippen molar-refractivity contribution in [3.63, 3.8) is 0 Å². The van der Waals surface area contributed by atoms with Crippen molar-refractivity contribution < 1.29 is 14.6 Å². The van der Waals surface area contributed by atoms with E-state index in [-0.39, 0.29) is 11.7 Å². The Morgan fingerprint density at radius 3 is 2.86 bits per heavy atom. The summed E-state index contributed by atoms with van der Waals surface area (Å²) in [6, 6.07) is 7.60. The molecule has 1 saturated heterocycles. The Bertz CT molecular complexity index is 470. The molecule has 1 amide bonds. The lowest BCUT2D eigenvalue weighted by Crippen LogP contribution is -2.44. The van der Waals surface area contributed by atoms with Gasteiger partial charge in [-0.15, -0.1) is 0 Å². The van der Waals surface area contributed by atoms with Gasteiger partial charge in [0.1, 0.15) is 5.75 Å². The molecule has 1 fully saturated rings. The number of nitrogens with zero attached hydrogens (tertiary/aromatic N) is 2. The number of rotatable bonds is 6. The summed E-state index contributed by atoms with van der Waals surface area (Å²) in [7, 11) is 3.56. The Kier molecular flexibility index (Phi) is 5.59. The first-order chi connectivity index (χ1) is 10.1. The summed E-state index contributed by atoms with van der Waals surface area (Å²) in [5.41, 5.74) is 1.08. The summed E-state index contributed by atoms with van der Waals surface area (Å²) >= 11 is 0. The Labute approximate surface area is 126 Å². The minimum atomic E-state index is 0.109. The van der Waals surface area contributed by atoms with E-state index in [1.165, 1.54) is 0 Å². The van der Waals surface area contributed by atoms with Gasteiger partial charge in [-0.05, 0) is 30.5 Å². The molecule has 1 N–H and O–H groups in total. The predicted molar refractivity (Wildman–Crippen MR) is 81.3 cm³/mol. The maximum absolute atomic E-state index is 12.0. The predicted octanol–water partition coefficient (Wildman–Crippen LogP) is 1.11. The summed E-state index contributed by atoms with van der Waals surface area (Å²) in [6.07, 6.45) is 1.78. The van der Waals surface area contributed by atoms with Gasteiger partial charge < -0.3 is 14.7 Å². The number of amides is 1. The van der Waals surface area contributed by atoms with Gasteiger partial charge in [0, 0.05) is 33.3 Å². The second kappa shape index (κ2) is 7.43.